The summed E-state index contributed by atoms with van der Waals surface area (Å²) in [5.74, 6) is -0.116. The fraction of sp³-hybridized carbons (Fsp3) is 0.562. The Labute approximate surface area is 137 Å². The summed E-state index contributed by atoms with van der Waals surface area (Å²) in [6.07, 6.45) is 1.69. The van der Waals surface area contributed by atoms with Gasteiger partial charge in [-0.1, -0.05) is 6.07 Å². The van der Waals surface area contributed by atoms with Crippen LogP contribution < -0.4 is 15.4 Å². The van der Waals surface area contributed by atoms with Crippen LogP contribution in [0.25, 0.3) is 0 Å². The van der Waals surface area contributed by atoms with E-state index in [-0.39, 0.29) is 36.0 Å². The molecule has 3 atom stereocenters. The van der Waals surface area contributed by atoms with Crippen molar-refractivity contribution in [3.8, 4) is 5.75 Å². The third kappa shape index (κ3) is 4.58. The first-order valence-electron chi connectivity index (χ1n) is 7.38. The van der Waals surface area contributed by atoms with Gasteiger partial charge in [-0.15, -0.1) is 12.4 Å². The molecule has 1 heterocycles. The highest BCUT2D eigenvalue weighted by molar-refractivity contribution is 5.85. The van der Waals surface area contributed by atoms with E-state index in [0.717, 1.165) is 24.9 Å². The standard InChI is InChI=1S/C16H23FN2O2.ClH/c1-10-8-13(6-7-18-10)16(20)19-11(2)12-4-5-15(21-3)14(17)9-12;/h4-5,9-11,13,18H,6-8H2,1-3H3,(H,19,20);1H/t10-,11?,13-;/m0./s1. The molecule has 2 rings (SSSR count). The first-order valence-corrected chi connectivity index (χ1v) is 7.38. The van der Waals surface area contributed by atoms with E-state index in [1.165, 1.54) is 13.2 Å². The molecule has 1 fully saturated rings. The molecule has 2 N–H and O–H groups in total. The van der Waals surface area contributed by atoms with E-state index in [2.05, 4.69) is 17.6 Å². The van der Waals surface area contributed by atoms with Gasteiger partial charge in [0.25, 0.3) is 0 Å². The van der Waals surface area contributed by atoms with Crippen LogP contribution >= 0.6 is 12.4 Å². The number of halogens is 2. The first kappa shape index (κ1) is 18.7. The molecule has 1 aromatic rings. The number of hydrogen-bond donors (Lipinski definition) is 2. The van der Waals surface area contributed by atoms with Gasteiger partial charge in [0, 0.05) is 12.0 Å². The Balaban J connectivity index is 0.00000242. The maximum Gasteiger partial charge on any atom is 0.223 e. The van der Waals surface area contributed by atoms with Crippen molar-refractivity contribution in [3.63, 3.8) is 0 Å². The van der Waals surface area contributed by atoms with Crippen LogP contribution in [0.4, 0.5) is 4.39 Å². The lowest BCUT2D eigenvalue weighted by Crippen LogP contribution is -2.42. The van der Waals surface area contributed by atoms with Gasteiger partial charge in [0.2, 0.25) is 5.91 Å². The minimum absolute atomic E-state index is 0. The summed E-state index contributed by atoms with van der Waals surface area (Å²) in [7, 11) is 1.43. The van der Waals surface area contributed by atoms with Crippen molar-refractivity contribution in [2.45, 2.75) is 38.8 Å². The molecule has 1 unspecified atom stereocenters. The number of piperidine rings is 1. The zero-order chi connectivity index (χ0) is 15.4. The third-order valence-corrected chi connectivity index (χ3v) is 4.03. The van der Waals surface area contributed by atoms with Crippen molar-refractivity contribution in [2.75, 3.05) is 13.7 Å². The van der Waals surface area contributed by atoms with Gasteiger partial charge in [0.15, 0.2) is 11.6 Å². The average molecular weight is 331 g/mol. The minimum Gasteiger partial charge on any atom is -0.494 e. The minimum atomic E-state index is -0.411. The Morgan fingerprint density at radius 3 is 2.82 bits per heavy atom. The molecule has 0 aromatic heterocycles. The van der Waals surface area contributed by atoms with Crippen LogP contribution in [0.2, 0.25) is 0 Å². The molecule has 124 valence electrons. The van der Waals surface area contributed by atoms with Gasteiger partial charge in [-0.25, -0.2) is 4.39 Å². The van der Waals surface area contributed by atoms with Gasteiger partial charge in [-0.2, -0.15) is 0 Å². The number of carbonyl (C=O) groups is 1. The Morgan fingerprint density at radius 2 is 2.23 bits per heavy atom. The third-order valence-electron chi connectivity index (χ3n) is 4.03. The van der Waals surface area contributed by atoms with Crippen LogP contribution in [0.15, 0.2) is 18.2 Å². The largest absolute Gasteiger partial charge is 0.494 e. The fourth-order valence-electron chi connectivity index (χ4n) is 2.74. The zero-order valence-corrected chi connectivity index (χ0v) is 14.0. The van der Waals surface area contributed by atoms with Gasteiger partial charge in [-0.05, 0) is 50.9 Å². The molecule has 22 heavy (non-hydrogen) atoms. The molecule has 1 aliphatic rings. The summed E-state index contributed by atoms with van der Waals surface area (Å²) in [6, 6.07) is 4.92. The van der Waals surface area contributed by atoms with E-state index >= 15 is 0 Å². The van der Waals surface area contributed by atoms with Gasteiger partial charge in [0.1, 0.15) is 0 Å². The smallest absolute Gasteiger partial charge is 0.223 e. The molecule has 0 bridgehead atoms. The summed E-state index contributed by atoms with van der Waals surface area (Å²) >= 11 is 0. The highest BCUT2D eigenvalue weighted by atomic mass is 35.5. The lowest BCUT2D eigenvalue weighted by atomic mass is 9.92. The van der Waals surface area contributed by atoms with Crippen molar-refractivity contribution in [2.24, 2.45) is 5.92 Å². The van der Waals surface area contributed by atoms with Crippen LogP contribution in [0.3, 0.4) is 0 Å². The highest BCUT2D eigenvalue weighted by Gasteiger charge is 2.25. The van der Waals surface area contributed by atoms with Crippen LogP contribution in [-0.4, -0.2) is 25.6 Å². The molecular weight excluding hydrogens is 307 g/mol. The number of methoxy groups -OCH3 is 1. The van der Waals surface area contributed by atoms with Gasteiger partial charge < -0.3 is 15.4 Å². The monoisotopic (exact) mass is 330 g/mol. The van der Waals surface area contributed by atoms with E-state index in [0.29, 0.717) is 6.04 Å². The Morgan fingerprint density at radius 1 is 1.50 bits per heavy atom. The van der Waals surface area contributed by atoms with Gasteiger partial charge >= 0.3 is 0 Å². The zero-order valence-electron chi connectivity index (χ0n) is 13.2. The normalized spacial score (nSPS) is 22.4. The molecule has 0 radical (unpaired) electrons. The van der Waals surface area contributed by atoms with Gasteiger partial charge in [0.05, 0.1) is 13.2 Å². The Hall–Kier alpha value is -1.33. The van der Waals surface area contributed by atoms with E-state index in [1.54, 1.807) is 12.1 Å². The molecule has 1 aromatic carbocycles. The molecule has 4 nitrogen and oxygen atoms in total. The number of nitrogens with one attached hydrogen (secondary N) is 2. The second kappa shape index (κ2) is 8.34. The summed E-state index contributed by atoms with van der Waals surface area (Å²) < 4.78 is 18.6. The molecule has 1 saturated heterocycles. The van der Waals surface area contributed by atoms with E-state index < -0.39 is 5.82 Å². The summed E-state index contributed by atoms with van der Waals surface area (Å²) in [5.41, 5.74) is 0.739. The Kier molecular flexibility index (Phi) is 7.10. The molecule has 1 aliphatic heterocycles. The van der Waals surface area contributed by atoms with Crippen molar-refractivity contribution in [1.82, 2.24) is 10.6 Å². The number of benzene rings is 1. The van der Waals surface area contributed by atoms with Crippen molar-refractivity contribution in [3.05, 3.63) is 29.6 Å². The maximum atomic E-state index is 13.7. The number of ether oxygens (including phenoxy) is 1. The summed E-state index contributed by atoms with van der Waals surface area (Å²) in [6.45, 7) is 4.82. The van der Waals surface area contributed by atoms with Crippen LogP contribution in [0.1, 0.15) is 38.3 Å². The number of rotatable bonds is 4. The van der Waals surface area contributed by atoms with Crippen LogP contribution in [0.5, 0.6) is 5.75 Å². The average Bonchev–Trinajstić information content (AvgIpc) is 2.47. The van der Waals surface area contributed by atoms with Crippen molar-refractivity contribution in [1.29, 1.82) is 0 Å². The maximum absolute atomic E-state index is 13.7. The molecule has 1 amide bonds. The van der Waals surface area contributed by atoms with Crippen molar-refractivity contribution < 1.29 is 13.9 Å². The molecule has 0 aliphatic carbocycles. The topological polar surface area (TPSA) is 50.4 Å². The molecule has 0 saturated carbocycles. The van der Waals surface area contributed by atoms with Crippen LogP contribution in [-0.2, 0) is 4.79 Å². The fourth-order valence-corrected chi connectivity index (χ4v) is 2.74. The predicted molar refractivity (Wildman–Crippen MR) is 86.9 cm³/mol. The molecule has 6 heteroatoms. The van der Waals surface area contributed by atoms with E-state index in [9.17, 15) is 9.18 Å². The van der Waals surface area contributed by atoms with Gasteiger partial charge in [-0.3, -0.25) is 4.79 Å². The second-order valence-corrected chi connectivity index (χ2v) is 5.70. The van der Waals surface area contributed by atoms with Crippen molar-refractivity contribution >= 4 is 18.3 Å². The van der Waals surface area contributed by atoms with Crippen LogP contribution in [0, 0.1) is 11.7 Å². The quantitative estimate of drug-likeness (QED) is 0.892. The van der Waals surface area contributed by atoms with E-state index in [1.807, 2.05) is 6.92 Å². The summed E-state index contributed by atoms with van der Waals surface area (Å²) in [5, 5.41) is 6.31. The molecule has 0 spiro atoms. The van der Waals surface area contributed by atoms with E-state index in [4.69, 9.17) is 4.74 Å². The second-order valence-electron chi connectivity index (χ2n) is 5.70. The Bertz CT molecular complexity index is 513. The number of hydrogen-bond acceptors (Lipinski definition) is 3. The highest BCUT2D eigenvalue weighted by Crippen LogP contribution is 2.23. The number of amides is 1. The lowest BCUT2D eigenvalue weighted by Gasteiger charge is -2.28. The SMILES string of the molecule is COc1ccc(C(C)NC(=O)[C@H]2CCN[C@@H](C)C2)cc1F.Cl. The molecular formula is C16H24ClFN2O2. The summed E-state index contributed by atoms with van der Waals surface area (Å²) in [4.78, 5) is 12.3. The lowest BCUT2D eigenvalue weighted by molar-refractivity contribution is -0.126. The first-order chi connectivity index (χ1) is 10.0. The number of carbonyl (C=O) groups excluding carboxylic acids is 1. The predicted octanol–water partition coefficient (Wildman–Crippen LogP) is 2.82.